The highest BCUT2D eigenvalue weighted by Crippen LogP contribution is 2.35. The number of carbonyl (C=O) groups excluding carboxylic acids is 1. The molecule has 0 spiro atoms. The van der Waals surface area contributed by atoms with Crippen LogP contribution in [-0.4, -0.2) is 80.4 Å². The van der Waals surface area contributed by atoms with Crippen molar-refractivity contribution in [2.45, 2.75) is 37.6 Å². The summed E-state index contributed by atoms with van der Waals surface area (Å²) in [5, 5.41) is 9.73. The zero-order valence-electron chi connectivity index (χ0n) is 18.0. The molecule has 2 aliphatic heterocycles. The number of hydrogen-bond acceptors (Lipinski definition) is 6. The number of carboxylic acid groups (broad SMARTS) is 1. The average Bonchev–Trinajstić information content (AvgIpc) is 2.74. The maximum Gasteiger partial charge on any atom is 0.337 e. The van der Waals surface area contributed by atoms with Crippen LogP contribution in [0.25, 0.3) is 0 Å². The van der Waals surface area contributed by atoms with Gasteiger partial charge in [0.1, 0.15) is 5.54 Å². The van der Waals surface area contributed by atoms with E-state index in [9.17, 15) is 23.1 Å². The van der Waals surface area contributed by atoms with Crippen LogP contribution in [0.2, 0.25) is 0 Å². The van der Waals surface area contributed by atoms with Gasteiger partial charge in [0.05, 0.1) is 16.9 Å². The highest BCUT2D eigenvalue weighted by Gasteiger charge is 2.45. The van der Waals surface area contributed by atoms with Crippen LogP contribution in [-0.2, 0) is 15.0 Å². The standard InChI is InChI=1S/C20H31N5O5S/c1-23(2)31(29,30)22-15-6-7-17(16(14-15)18(26)27)24-12-8-20(9-13-24,19(21)28)25-10-4-3-5-11-25/h6-7,14,22H,3-5,8-13H2,1-2H3,(H2,21,28)(H,26,27). The van der Waals surface area contributed by atoms with Gasteiger partial charge in [0.15, 0.2) is 0 Å². The molecule has 0 aliphatic carbocycles. The molecule has 0 bridgehead atoms. The number of primary amides is 1. The van der Waals surface area contributed by atoms with Gasteiger partial charge in [0, 0.05) is 27.2 Å². The van der Waals surface area contributed by atoms with Crippen LogP contribution in [0.5, 0.6) is 0 Å². The number of aromatic carboxylic acids is 1. The Labute approximate surface area is 183 Å². The summed E-state index contributed by atoms with van der Waals surface area (Å²) in [6.45, 7) is 2.68. The van der Waals surface area contributed by atoms with Crippen LogP contribution in [0.4, 0.5) is 11.4 Å². The Morgan fingerprint density at radius 2 is 1.71 bits per heavy atom. The highest BCUT2D eigenvalue weighted by atomic mass is 32.2. The summed E-state index contributed by atoms with van der Waals surface area (Å²) in [5.74, 6) is -1.47. The van der Waals surface area contributed by atoms with Crippen molar-refractivity contribution in [1.82, 2.24) is 9.21 Å². The van der Waals surface area contributed by atoms with Crippen LogP contribution in [0.1, 0.15) is 42.5 Å². The van der Waals surface area contributed by atoms with Crippen LogP contribution in [0.3, 0.4) is 0 Å². The number of benzene rings is 1. The number of nitrogens with zero attached hydrogens (tertiary/aromatic N) is 3. The first-order valence-corrected chi connectivity index (χ1v) is 11.9. The molecule has 31 heavy (non-hydrogen) atoms. The van der Waals surface area contributed by atoms with E-state index in [1.54, 1.807) is 12.1 Å². The molecule has 10 nitrogen and oxygen atoms in total. The number of amides is 1. The van der Waals surface area contributed by atoms with Gasteiger partial charge in [-0.2, -0.15) is 12.7 Å². The molecule has 1 amide bonds. The van der Waals surface area contributed by atoms with Gasteiger partial charge in [0.2, 0.25) is 5.91 Å². The minimum atomic E-state index is -3.75. The molecule has 4 N–H and O–H groups in total. The largest absolute Gasteiger partial charge is 0.478 e. The molecule has 0 radical (unpaired) electrons. The van der Waals surface area contributed by atoms with Crippen molar-refractivity contribution in [3.8, 4) is 0 Å². The predicted molar refractivity (Wildman–Crippen MR) is 118 cm³/mol. The van der Waals surface area contributed by atoms with Gasteiger partial charge in [-0.05, 0) is 57.0 Å². The number of rotatable bonds is 7. The van der Waals surface area contributed by atoms with Gasteiger partial charge < -0.3 is 15.7 Å². The lowest BCUT2D eigenvalue weighted by Crippen LogP contribution is -2.63. The Bertz CT molecular complexity index is 935. The van der Waals surface area contributed by atoms with Gasteiger partial charge in [-0.1, -0.05) is 6.42 Å². The molecule has 0 aromatic heterocycles. The lowest BCUT2D eigenvalue weighted by atomic mass is 9.83. The number of carboxylic acids is 1. The quantitative estimate of drug-likeness (QED) is 0.558. The first-order chi connectivity index (χ1) is 14.6. The first kappa shape index (κ1) is 23.3. The lowest BCUT2D eigenvalue weighted by molar-refractivity contribution is -0.132. The van der Waals surface area contributed by atoms with E-state index in [1.165, 1.54) is 20.2 Å². The fourth-order valence-corrected chi connectivity index (χ4v) is 5.05. The average molecular weight is 454 g/mol. The summed E-state index contributed by atoms with van der Waals surface area (Å²) in [4.78, 5) is 28.5. The van der Waals surface area contributed by atoms with E-state index in [0.29, 0.717) is 31.6 Å². The third-order valence-electron chi connectivity index (χ3n) is 6.31. The Hall–Kier alpha value is -2.37. The van der Waals surface area contributed by atoms with Crippen molar-refractivity contribution in [3.05, 3.63) is 23.8 Å². The molecule has 0 atom stereocenters. The van der Waals surface area contributed by atoms with Gasteiger partial charge in [-0.15, -0.1) is 0 Å². The van der Waals surface area contributed by atoms with E-state index in [1.807, 2.05) is 4.90 Å². The molecule has 3 rings (SSSR count). The van der Waals surface area contributed by atoms with Crippen LogP contribution < -0.4 is 15.4 Å². The van der Waals surface area contributed by atoms with Crippen molar-refractivity contribution in [1.29, 1.82) is 0 Å². The Kier molecular flexibility index (Phi) is 6.77. The van der Waals surface area contributed by atoms with Gasteiger partial charge >= 0.3 is 16.2 Å². The molecule has 11 heteroatoms. The number of hydrogen-bond donors (Lipinski definition) is 3. The van der Waals surface area contributed by atoms with Crippen LogP contribution in [0.15, 0.2) is 18.2 Å². The highest BCUT2D eigenvalue weighted by molar-refractivity contribution is 7.90. The van der Waals surface area contributed by atoms with E-state index in [-0.39, 0.29) is 17.2 Å². The fraction of sp³-hybridized carbons (Fsp3) is 0.600. The molecular weight excluding hydrogens is 422 g/mol. The zero-order chi connectivity index (χ0) is 22.8. The van der Waals surface area contributed by atoms with E-state index in [2.05, 4.69) is 9.62 Å². The second-order valence-corrected chi connectivity index (χ2v) is 10.2. The van der Waals surface area contributed by atoms with Crippen molar-refractivity contribution < 1.29 is 23.1 Å². The Morgan fingerprint density at radius 3 is 2.23 bits per heavy atom. The lowest BCUT2D eigenvalue weighted by Gasteiger charge is -2.48. The maximum absolute atomic E-state index is 12.4. The molecular formula is C20H31N5O5S. The van der Waals surface area contributed by atoms with E-state index >= 15 is 0 Å². The van der Waals surface area contributed by atoms with E-state index < -0.39 is 21.7 Å². The summed E-state index contributed by atoms with van der Waals surface area (Å²) >= 11 is 0. The molecule has 1 aromatic rings. The van der Waals surface area contributed by atoms with Crippen molar-refractivity contribution in [3.63, 3.8) is 0 Å². The monoisotopic (exact) mass is 453 g/mol. The molecule has 172 valence electrons. The fourth-order valence-electron chi connectivity index (χ4n) is 4.44. The molecule has 2 heterocycles. The first-order valence-electron chi connectivity index (χ1n) is 10.4. The third-order valence-corrected chi connectivity index (χ3v) is 7.76. The molecule has 2 aliphatic rings. The number of nitrogens with two attached hydrogens (primary N) is 1. The topological polar surface area (TPSA) is 136 Å². The molecule has 2 fully saturated rings. The minimum Gasteiger partial charge on any atom is -0.478 e. The molecule has 1 aromatic carbocycles. The maximum atomic E-state index is 12.4. The number of anilines is 2. The summed E-state index contributed by atoms with van der Waals surface area (Å²) in [6.07, 6.45) is 4.30. The summed E-state index contributed by atoms with van der Waals surface area (Å²) in [5.41, 5.74) is 5.82. The third kappa shape index (κ3) is 4.78. The van der Waals surface area contributed by atoms with Crippen molar-refractivity contribution in [2.24, 2.45) is 5.73 Å². The predicted octanol–water partition coefficient (Wildman–Crippen LogP) is 0.913. The summed E-state index contributed by atoms with van der Waals surface area (Å²) in [7, 11) is -0.979. The molecule has 0 saturated carbocycles. The van der Waals surface area contributed by atoms with Crippen molar-refractivity contribution in [2.75, 3.05) is 49.9 Å². The normalized spacial score (nSPS) is 19.9. The number of piperidine rings is 2. The molecule has 0 unspecified atom stereocenters. The van der Waals surface area contributed by atoms with Crippen LogP contribution in [0, 0.1) is 0 Å². The SMILES string of the molecule is CN(C)S(=O)(=O)Nc1ccc(N2CCC(C(N)=O)(N3CCCCC3)CC2)c(C(=O)O)c1. The number of carbonyl (C=O) groups is 2. The smallest absolute Gasteiger partial charge is 0.337 e. The number of nitrogens with one attached hydrogen (secondary N) is 1. The van der Waals surface area contributed by atoms with Gasteiger partial charge in [0.25, 0.3) is 0 Å². The molecule has 2 saturated heterocycles. The zero-order valence-corrected chi connectivity index (χ0v) is 18.8. The summed E-state index contributed by atoms with van der Waals surface area (Å²) < 4.78 is 27.5. The van der Waals surface area contributed by atoms with E-state index in [4.69, 9.17) is 5.73 Å². The minimum absolute atomic E-state index is 0.00324. The van der Waals surface area contributed by atoms with Gasteiger partial charge in [-0.3, -0.25) is 14.4 Å². The van der Waals surface area contributed by atoms with Crippen LogP contribution >= 0.6 is 0 Å². The summed E-state index contributed by atoms with van der Waals surface area (Å²) in [6, 6.07) is 4.47. The second-order valence-electron chi connectivity index (χ2n) is 8.36. The second kappa shape index (κ2) is 9.01. The number of likely N-dealkylation sites (tertiary alicyclic amines) is 1. The van der Waals surface area contributed by atoms with Gasteiger partial charge in [-0.25, -0.2) is 4.79 Å². The Balaban J connectivity index is 1.82. The Morgan fingerprint density at radius 1 is 1.10 bits per heavy atom. The van der Waals surface area contributed by atoms with Crippen molar-refractivity contribution >= 4 is 33.5 Å². The van der Waals surface area contributed by atoms with E-state index in [0.717, 1.165) is 36.7 Å².